The molecule has 1 amide bonds. The highest BCUT2D eigenvalue weighted by Gasteiger charge is 2.35. The molecular weight excluding hydrogens is 1110 g/mol. The van der Waals surface area contributed by atoms with E-state index in [1.54, 1.807) is 6.08 Å². The van der Waals surface area contributed by atoms with Crippen molar-refractivity contribution in [3.05, 3.63) is 79.8 Å². The van der Waals surface area contributed by atoms with Crippen molar-refractivity contribution in [3.8, 4) is 5.75 Å². The lowest BCUT2D eigenvalue weighted by Crippen LogP contribution is -2.33. The number of carbonyl (C=O) groups is 2. The van der Waals surface area contributed by atoms with E-state index in [0.29, 0.717) is 110 Å². The van der Waals surface area contributed by atoms with E-state index in [1.807, 2.05) is 13.0 Å². The molecule has 1 aliphatic rings. The molecule has 3 aromatic rings. The van der Waals surface area contributed by atoms with Crippen molar-refractivity contribution in [3.63, 3.8) is 0 Å². The molecule has 19 nitrogen and oxygen atoms in total. The van der Waals surface area contributed by atoms with Crippen LogP contribution in [0.5, 0.6) is 5.75 Å². The topological polar surface area (TPSA) is 208 Å². The second-order valence-corrected chi connectivity index (χ2v) is 19.5. The molecule has 0 radical (unpaired) electrons. The summed E-state index contributed by atoms with van der Waals surface area (Å²) in [6.07, 6.45) is 2.05. The van der Waals surface area contributed by atoms with Gasteiger partial charge in [-0.15, -0.1) is 11.3 Å². The SMILES string of the molecule is CCCN(Cc1cnc(CN(C)OCCOCCC(=O)Oc2c(F)c(F)cc(F)c2F)c(C(F)(F)F)c1)C(=O)C1=Cc2sc(CCCCCN(C)CCOCCOCCOCCOCCOCCOCCOCCO)cc2N=C(N)C1. The van der Waals surface area contributed by atoms with Crippen molar-refractivity contribution >= 4 is 40.8 Å². The number of thiophene rings is 1. The number of fused-ring (bicyclic) bond motifs is 1. The lowest BCUT2D eigenvalue weighted by molar-refractivity contribution is -0.163. The van der Waals surface area contributed by atoms with Gasteiger partial charge in [-0.1, -0.05) is 13.3 Å². The van der Waals surface area contributed by atoms with Gasteiger partial charge in [0.1, 0.15) is 5.84 Å². The third-order valence-corrected chi connectivity index (χ3v) is 12.8. The number of halogens is 7. The molecule has 0 fully saturated rings. The first-order chi connectivity index (χ1) is 39.0. The number of aliphatic imine (C=N–C) groups is 1. The fraction of sp³-hybridized carbons (Fsp3) is 0.630. The van der Waals surface area contributed by atoms with Gasteiger partial charge >= 0.3 is 12.1 Å². The summed E-state index contributed by atoms with van der Waals surface area (Å²) in [5, 5.41) is 9.74. The number of unbranched alkanes of at least 4 members (excludes halogenated alkanes) is 2. The summed E-state index contributed by atoms with van der Waals surface area (Å²) in [5.41, 5.74) is 6.14. The number of hydrogen-bond acceptors (Lipinski definition) is 19. The zero-order chi connectivity index (χ0) is 58.8. The molecule has 3 heterocycles. The Morgan fingerprint density at radius 1 is 0.704 bits per heavy atom. The van der Waals surface area contributed by atoms with Gasteiger partial charge in [0.15, 0.2) is 11.6 Å². The zero-order valence-corrected chi connectivity index (χ0v) is 47.1. The van der Waals surface area contributed by atoms with Gasteiger partial charge in [-0.3, -0.25) is 19.4 Å². The Hall–Kier alpha value is -4.75. The van der Waals surface area contributed by atoms with E-state index in [-0.39, 0.29) is 75.0 Å². The maximum Gasteiger partial charge on any atom is 0.418 e. The van der Waals surface area contributed by atoms with Crippen LogP contribution in [-0.4, -0.2) is 195 Å². The minimum Gasteiger partial charge on any atom is -0.420 e. The minimum atomic E-state index is -4.81. The van der Waals surface area contributed by atoms with Crippen LogP contribution in [0.1, 0.15) is 72.0 Å². The van der Waals surface area contributed by atoms with E-state index in [0.717, 1.165) is 59.7 Å². The third kappa shape index (κ3) is 27.0. The van der Waals surface area contributed by atoms with Crippen LogP contribution >= 0.6 is 11.3 Å². The number of carbonyl (C=O) groups excluding carboxylic acids is 2. The van der Waals surface area contributed by atoms with Crippen LogP contribution in [0.15, 0.2) is 35.0 Å². The Morgan fingerprint density at radius 2 is 1.27 bits per heavy atom. The number of amides is 1. The fourth-order valence-corrected chi connectivity index (χ4v) is 8.79. The van der Waals surface area contributed by atoms with Gasteiger partial charge in [0.25, 0.3) is 5.91 Å². The van der Waals surface area contributed by atoms with Crippen LogP contribution in [-0.2, 0) is 78.0 Å². The van der Waals surface area contributed by atoms with Crippen LogP contribution in [0.3, 0.4) is 0 Å². The number of nitrogens with two attached hydrogens (primary N) is 1. The number of benzene rings is 1. The average Bonchev–Trinajstić information content (AvgIpc) is 3.95. The second-order valence-electron chi connectivity index (χ2n) is 18.4. The molecule has 0 bridgehead atoms. The van der Waals surface area contributed by atoms with Gasteiger partial charge in [-0.25, -0.2) is 13.8 Å². The number of nitrogens with zero attached hydrogens (tertiary/aromatic N) is 5. The van der Waals surface area contributed by atoms with E-state index >= 15 is 0 Å². The molecule has 1 aromatic carbocycles. The molecule has 3 N–H and O–H groups in total. The summed E-state index contributed by atoms with van der Waals surface area (Å²) >= 11 is 1.53. The molecule has 27 heteroatoms. The smallest absolute Gasteiger partial charge is 0.418 e. The van der Waals surface area contributed by atoms with Gasteiger partial charge in [0.05, 0.1) is 154 Å². The molecule has 0 atom stereocenters. The quantitative estimate of drug-likeness (QED) is 0.0145. The summed E-state index contributed by atoms with van der Waals surface area (Å²) in [5.74, 6) is -10.2. The van der Waals surface area contributed by atoms with Crippen LogP contribution < -0.4 is 10.5 Å². The molecule has 1 aliphatic heterocycles. The fourth-order valence-electron chi connectivity index (χ4n) is 7.68. The number of hydrogen-bond donors (Lipinski definition) is 2. The van der Waals surface area contributed by atoms with Crippen LogP contribution in [0.4, 0.5) is 36.4 Å². The molecule has 0 saturated carbocycles. The second kappa shape index (κ2) is 38.9. The van der Waals surface area contributed by atoms with Crippen molar-refractivity contribution in [2.24, 2.45) is 10.7 Å². The van der Waals surface area contributed by atoms with E-state index < -0.39 is 59.7 Å². The first-order valence-electron chi connectivity index (χ1n) is 26.8. The van der Waals surface area contributed by atoms with E-state index in [2.05, 4.69) is 26.7 Å². The number of ether oxygens (including phenoxy) is 9. The highest BCUT2D eigenvalue weighted by molar-refractivity contribution is 7.13. The summed E-state index contributed by atoms with van der Waals surface area (Å²) < 4.78 is 146. The van der Waals surface area contributed by atoms with Gasteiger partial charge in [-0.05, 0) is 63.0 Å². The van der Waals surface area contributed by atoms with Gasteiger partial charge in [0, 0.05) is 55.8 Å². The van der Waals surface area contributed by atoms with E-state index in [9.17, 15) is 40.3 Å². The standard InChI is InChI=1S/C54H77F7N6O13S/c1-4-10-67(37-39-31-42(54(59,60)61)46(63-36-39)38-66(3)79-30-29-71-14-9-49(69)80-52-50(57)43(55)35-44(56)51(52)58)53(70)40-32-47-45(64-48(62)33-40)34-41(81-47)8-6-5-7-11-65(2)12-15-72-17-19-74-21-23-76-25-27-78-28-26-77-24-22-75-20-18-73-16-13-68/h31-32,34-36,68H,4-30,33,37-38H2,1-3H3,(H2,62,64). The molecule has 456 valence electrons. The number of pyridine rings is 1. The molecular formula is C54H77F7N6O13S. The van der Waals surface area contributed by atoms with Gasteiger partial charge in [0.2, 0.25) is 17.4 Å². The maximum atomic E-state index is 14.5. The normalized spacial score (nSPS) is 12.8. The third-order valence-electron chi connectivity index (χ3n) is 11.7. The predicted octanol–water partition coefficient (Wildman–Crippen LogP) is 7.06. The average molecular weight is 1180 g/mol. The first kappa shape index (κ1) is 68.7. The van der Waals surface area contributed by atoms with E-state index in [4.69, 9.17) is 53.6 Å². The zero-order valence-electron chi connectivity index (χ0n) is 46.3. The Labute approximate surface area is 472 Å². The number of esters is 1. The number of aliphatic hydroxyl groups is 1. The Kier molecular flexibility index (Phi) is 33.0. The number of alkyl halides is 3. The summed E-state index contributed by atoms with van der Waals surface area (Å²) in [6.45, 7) is 9.05. The molecule has 0 aliphatic carbocycles. The Morgan fingerprint density at radius 3 is 1.85 bits per heavy atom. The lowest BCUT2D eigenvalue weighted by Gasteiger charge is -2.24. The molecule has 2 aromatic heterocycles. The Bertz CT molecular complexity index is 2360. The largest absolute Gasteiger partial charge is 0.420 e. The van der Waals surface area contributed by atoms with Crippen molar-refractivity contribution in [1.82, 2.24) is 19.8 Å². The number of likely N-dealkylation sites (N-methyl/N-ethyl adjacent to an activating group) is 1. The predicted molar refractivity (Wildman–Crippen MR) is 286 cm³/mol. The van der Waals surface area contributed by atoms with Crippen molar-refractivity contribution < 1.29 is 92.9 Å². The molecule has 0 unspecified atom stereocenters. The van der Waals surface area contributed by atoms with Crippen molar-refractivity contribution in [1.29, 1.82) is 0 Å². The summed E-state index contributed by atoms with van der Waals surface area (Å²) in [4.78, 5) is 45.8. The lowest BCUT2D eigenvalue weighted by atomic mass is 10.1. The van der Waals surface area contributed by atoms with Crippen LogP contribution in [0, 0.1) is 23.3 Å². The van der Waals surface area contributed by atoms with Gasteiger partial charge < -0.3 is 63.3 Å². The highest BCUT2D eigenvalue weighted by Crippen LogP contribution is 2.37. The highest BCUT2D eigenvalue weighted by atomic mass is 32.1. The molecule has 0 saturated heterocycles. The minimum absolute atomic E-state index is 0.000713. The van der Waals surface area contributed by atoms with Gasteiger partial charge in [-0.2, -0.15) is 27.0 Å². The number of aliphatic hydroxyl groups excluding tert-OH is 1. The number of hydroxylamine groups is 2. The summed E-state index contributed by atoms with van der Waals surface area (Å²) in [6, 6.07) is 2.91. The maximum absolute atomic E-state index is 14.5. The number of amidine groups is 1. The molecule has 81 heavy (non-hydrogen) atoms. The first-order valence-corrected chi connectivity index (χ1v) is 27.6. The molecule has 0 spiro atoms. The number of aromatic nitrogens is 1. The number of rotatable bonds is 44. The van der Waals surface area contributed by atoms with Crippen molar-refractivity contribution in [2.75, 3.05) is 153 Å². The van der Waals surface area contributed by atoms with Crippen LogP contribution in [0.2, 0.25) is 0 Å². The van der Waals surface area contributed by atoms with E-state index in [1.165, 1.54) is 29.5 Å². The molecule has 4 rings (SSSR count). The monoisotopic (exact) mass is 1180 g/mol. The Balaban J connectivity index is 1.10. The summed E-state index contributed by atoms with van der Waals surface area (Å²) in [7, 11) is 3.43. The van der Waals surface area contributed by atoms with Crippen LogP contribution in [0.25, 0.3) is 6.08 Å². The number of aryl methyl sites for hydroxylation is 1. The van der Waals surface area contributed by atoms with Crippen molar-refractivity contribution in [2.45, 2.75) is 71.1 Å².